The third kappa shape index (κ3) is 52.3. The Kier molecular flexibility index (Phi) is 51.8. The molecule has 0 fully saturated rings. The van der Waals surface area contributed by atoms with Crippen LogP contribution in [-0.4, -0.2) is 11.7 Å². The topological polar surface area (TPSA) is 106 Å². The van der Waals surface area contributed by atoms with Crippen molar-refractivity contribution in [2.45, 2.75) is 142 Å². The van der Waals surface area contributed by atoms with Gasteiger partial charge in [-0.15, -0.1) is 0 Å². The van der Waals surface area contributed by atoms with Crippen LogP contribution < -0.4 is 103 Å². The van der Waals surface area contributed by atoms with Crippen molar-refractivity contribution in [3.63, 3.8) is 0 Å². The van der Waals surface area contributed by atoms with Crippen molar-refractivity contribution in [1.29, 1.82) is 0 Å². The Morgan fingerprint density at radius 3 is 0.970 bits per heavy atom. The molecule has 0 aliphatic rings. The first-order valence-electron chi connectivity index (χ1n) is 12.7. The predicted octanol–water partition coefficient (Wildman–Crippen LogP) is -3.38. The van der Waals surface area contributed by atoms with Crippen LogP contribution in [0.2, 0.25) is 0 Å². The van der Waals surface area contributed by atoms with Crippen molar-refractivity contribution in [1.82, 2.24) is 0 Å². The molecule has 0 aliphatic carbocycles. The molecular formula is C24H50Na3O5P. The molecule has 0 aromatic heterocycles. The molecule has 0 heterocycles. The van der Waals surface area contributed by atoms with Gasteiger partial charge in [0.15, 0.2) is 0 Å². The van der Waals surface area contributed by atoms with E-state index in [9.17, 15) is 5.11 Å². The van der Waals surface area contributed by atoms with Gasteiger partial charge in [0.25, 0.3) is 0 Å². The zero-order valence-electron chi connectivity index (χ0n) is 23.0. The summed E-state index contributed by atoms with van der Waals surface area (Å²) in [7, 11) is -5.39. The summed E-state index contributed by atoms with van der Waals surface area (Å²) in [5.41, 5.74) is 0. The Morgan fingerprint density at radius 1 is 0.545 bits per heavy atom. The number of aliphatic hydroxyl groups excluding tert-OH is 1. The van der Waals surface area contributed by atoms with Gasteiger partial charge in [0.05, 0.1) is 0 Å². The molecule has 0 aromatic rings. The number of rotatable bonds is 21. The van der Waals surface area contributed by atoms with Crippen molar-refractivity contribution in [3.05, 3.63) is 0 Å². The van der Waals surface area contributed by atoms with E-state index in [1.807, 2.05) is 0 Å². The van der Waals surface area contributed by atoms with Crippen LogP contribution in [0.1, 0.15) is 142 Å². The Hall–Kier alpha value is 3.07. The third-order valence-electron chi connectivity index (χ3n) is 5.69. The number of hydrogen-bond donors (Lipinski definition) is 1. The quantitative estimate of drug-likeness (QED) is 0.0970. The van der Waals surface area contributed by atoms with Gasteiger partial charge in [0.1, 0.15) is 0 Å². The summed E-state index contributed by atoms with van der Waals surface area (Å²) in [6.45, 7) is 4.98. The minimum atomic E-state index is -5.39. The minimum absolute atomic E-state index is 0. The summed E-state index contributed by atoms with van der Waals surface area (Å²) >= 11 is 0. The first-order valence-corrected chi connectivity index (χ1v) is 14.1. The van der Waals surface area contributed by atoms with Crippen LogP contribution in [0.4, 0.5) is 0 Å². The van der Waals surface area contributed by atoms with Gasteiger partial charge in [-0.1, -0.05) is 129 Å². The largest absolute Gasteiger partial charge is 1.00 e. The average molecular weight is 519 g/mol. The monoisotopic (exact) mass is 518 g/mol. The summed E-state index contributed by atoms with van der Waals surface area (Å²) in [5.74, 6) is 0.578. The molecule has 0 rings (SSSR count). The maximum atomic E-state index is 9.57. The van der Waals surface area contributed by atoms with Crippen molar-refractivity contribution in [2.24, 2.45) is 5.92 Å². The molecule has 5 nitrogen and oxygen atoms in total. The maximum Gasteiger partial charge on any atom is 1.00 e. The molecule has 0 saturated heterocycles. The zero-order valence-corrected chi connectivity index (χ0v) is 29.8. The van der Waals surface area contributed by atoms with E-state index in [2.05, 4.69) is 13.8 Å². The van der Waals surface area contributed by atoms with Gasteiger partial charge in [-0.3, -0.25) is 0 Å². The zero-order chi connectivity index (χ0) is 22.9. The SMILES string of the molecule is CCCCCCCCCCCCC(CO)CCCCCCCCCC.O=P([O-])([O-])[O-].[Na+].[Na+].[Na+]. The van der Waals surface area contributed by atoms with Gasteiger partial charge < -0.3 is 24.4 Å². The molecule has 1 N–H and O–H groups in total. The van der Waals surface area contributed by atoms with Gasteiger partial charge in [-0.05, 0) is 18.8 Å². The Morgan fingerprint density at radius 2 is 0.758 bits per heavy atom. The van der Waals surface area contributed by atoms with Crippen LogP contribution >= 0.6 is 7.82 Å². The summed E-state index contributed by atoms with van der Waals surface area (Å²) in [6.07, 6.45) is 27.7. The van der Waals surface area contributed by atoms with E-state index >= 15 is 0 Å². The number of phosphoric acid groups is 1. The molecule has 33 heavy (non-hydrogen) atoms. The van der Waals surface area contributed by atoms with E-state index in [-0.39, 0.29) is 88.7 Å². The second kappa shape index (κ2) is 37.2. The molecule has 0 radical (unpaired) electrons. The Bertz CT molecular complexity index is 366. The van der Waals surface area contributed by atoms with E-state index in [4.69, 9.17) is 19.2 Å². The summed E-state index contributed by atoms with van der Waals surface area (Å²) in [6, 6.07) is 0. The average Bonchev–Trinajstić information content (AvgIpc) is 2.68. The fraction of sp³-hybridized carbons (Fsp3) is 1.00. The fourth-order valence-corrected chi connectivity index (χ4v) is 3.81. The molecule has 1 atom stereocenters. The molecule has 0 amide bonds. The van der Waals surface area contributed by atoms with Gasteiger partial charge in [0, 0.05) is 6.61 Å². The number of unbranched alkanes of at least 4 members (excludes halogenated alkanes) is 16. The molecule has 184 valence electrons. The van der Waals surface area contributed by atoms with Crippen LogP contribution in [0.15, 0.2) is 0 Å². The molecule has 0 bridgehead atoms. The first kappa shape index (κ1) is 46.0. The molecular weight excluding hydrogens is 468 g/mol. The first-order chi connectivity index (χ1) is 14.3. The Balaban J connectivity index is -0.000000293. The van der Waals surface area contributed by atoms with Crippen LogP contribution in [0.25, 0.3) is 0 Å². The van der Waals surface area contributed by atoms with Crippen molar-refractivity contribution < 1.29 is 113 Å². The molecule has 0 saturated carbocycles. The van der Waals surface area contributed by atoms with E-state index < -0.39 is 7.82 Å². The minimum Gasteiger partial charge on any atom is -0.822 e. The van der Waals surface area contributed by atoms with Crippen molar-refractivity contribution in [3.8, 4) is 0 Å². The Labute approximate surface area is 272 Å². The third-order valence-corrected chi connectivity index (χ3v) is 5.69. The summed E-state index contributed by atoms with van der Waals surface area (Å²) in [5, 5.41) is 9.57. The van der Waals surface area contributed by atoms with Crippen molar-refractivity contribution in [2.75, 3.05) is 6.61 Å². The van der Waals surface area contributed by atoms with E-state index in [0.717, 1.165) is 0 Å². The van der Waals surface area contributed by atoms with Crippen LogP contribution in [-0.2, 0) is 4.57 Å². The molecule has 0 aliphatic heterocycles. The maximum absolute atomic E-state index is 9.57. The van der Waals surface area contributed by atoms with Crippen molar-refractivity contribution >= 4 is 7.82 Å². The van der Waals surface area contributed by atoms with Gasteiger partial charge in [0.2, 0.25) is 0 Å². The molecule has 9 heteroatoms. The normalized spacial score (nSPS) is 11.3. The summed E-state index contributed by atoms with van der Waals surface area (Å²) in [4.78, 5) is 25.6. The van der Waals surface area contributed by atoms with E-state index in [1.54, 1.807) is 0 Å². The number of hydrogen-bond acceptors (Lipinski definition) is 5. The van der Waals surface area contributed by atoms with E-state index in [1.165, 1.54) is 128 Å². The van der Waals surface area contributed by atoms with Crippen LogP contribution in [0.3, 0.4) is 0 Å². The molecule has 0 aromatic carbocycles. The smallest absolute Gasteiger partial charge is 0.822 e. The predicted molar refractivity (Wildman–Crippen MR) is 122 cm³/mol. The van der Waals surface area contributed by atoms with Gasteiger partial charge >= 0.3 is 88.7 Å². The van der Waals surface area contributed by atoms with E-state index in [0.29, 0.717) is 12.5 Å². The summed E-state index contributed by atoms with van der Waals surface area (Å²) < 4.78 is 8.55. The van der Waals surface area contributed by atoms with Crippen LogP contribution in [0.5, 0.6) is 0 Å². The van der Waals surface area contributed by atoms with Crippen LogP contribution in [0, 0.1) is 5.92 Å². The second-order valence-electron chi connectivity index (χ2n) is 8.73. The molecule has 0 spiro atoms. The number of aliphatic hydroxyl groups is 1. The second-order valence-corrected chi connectivity index (χ2v) is 9.62. The molecule has 1 unspecified atom stereocenters. The standard InChI is InChI=1S/C24H50O.3Na.H3O4P/c1-3-5-7-9-11-13-14-16-18-20-22-24(23-25)21-19-17-15-12-10-8-6-4-2;;;;1-5(2,3)4/h24-25H,3-23H2,1-2H3;;;;(H3,1,2,3,4)/q;3*+1;/p-3. The fourth-order valence-electron chi connectivity index (χ4n) is 3.81. The van der Waals surface area contributed by atoms with Gasteiger partial charge in [-0.2, -0.15) is 7.82 Å². The van der Waals surface area contributed by atoms with Gasteiger partial charge in [-0.25, -0.2) is 0 Å².